The number of thioether (sulfide) groups is 1. The molecule has 182 valence electrons. The molecule has 5 rings (SSSR count). The van der Waals surface area contributed by atoms with Crippen LogP contribution in [0.2, 0.25) is 0 Å². The number of hydrogen-bond acceptors (Lipinski definition) is 7. The van der Waals surface area contributed by atoms with E-state index >= 15 is 0 Å². The molecule has 9 heteroatoms. The van der Waals surface area contributed by atoms with Crippen molar-refractivity contribution in [2.45, 2.75) is 24.5 Å². The van der Waals surface area contributed by atoms with Gasteiger partial charge in [-0.05, 0) is 23.8 Å². The van der Waals surface area contributed by atoms with Crippen LogP contribution in [0.1, 0.15) is 18.4 Å². The van der Waals surface area contributed by atoms with Crippen LogP contribution in [0.25, 0.3) is 11.0 Å². The fourth-order valence-corrected chi connectivity index (χ4v) is 5.41. The summed E-state index contributed by atoms with van der Waals surface area (Å²) in [6.45, 7) is 7.56. The van der Waals surface area contributed by atoms with Gasteiger partial charge in [0.25, 0.3) is 0 Å². The Morgan fingerprint density at radius 1 is 1.09 bits per heavy atom. The molecule has 0 radical (unpaired) electrons. The summed E-state index contributed by atoms with van der Waals surface area (Å²) in [5.41, 5.74) is 3.11. The van der Waals surface area contributed by atoms with Crippen LogP contribution in [0.4, 0.5) is 11.5 Å². The van der Waals surface area contributed by atoms with E-state index in [1.165, 1.54) is 5.56 Å². The Hall–Kier alpha value is -2.46. The number of benzene rings is 2. The van der Waals surface area contributed by atoms with Crippen LogP contribution in [0.5, 0.6) is 0 Å². The number of nitrogens with one attached hydrogen (secondary N) is 1. The van der Waals surface area contributed by atoms with E-state index in [0.29, 0.717) is 5.92 Å². The van der Waals surface area contributed by atoms with Crippen LogP contribution >= 0.6 is 27.7 Å². The van der Waals surface area contributed by atoms with Gasteiger partial charge in [-0.25, -0.2) is 14.6 Å². The normalized spacial score (nSPS) is 15.4. The van der Waals surface area contributed by atoms with Crippen LogP contribution in [0, 0.1) is 0 Å². The van der Waals surface area contributed by atoms with E-state index in [-0.39, 0.29) is 0 Å². The average Bonchev–Trinajstić information content (AvgIpc) is 3.28. The molecular weight excluding hydrogens is 524 g/mol. The van der Waals surface area contributed by atoms with Gasteiger partial charge in [0.15, 0.2) is 10.8 Å². The molecule has 0 spiro atoms. The van der Waals surface area contributed by atoms with Gasteiger partial charge in [-0.1, -0.05) is 71.0 Å². The van der Waals surface area contributed by atoms with Gasteiger partial charge in [0.1, 0.15) is 5.82 Å². The number of nitrogens with zero attached hydrogens (tertiary/aromatic N) is 5. The molecule has 7 nitrogen and oxygen atoms in total. The van der Waals surface area contributed by atoms with Crippen molar-refractivity contribution >= 4 is 50.2 Å². The highest BCUT2D eigenvalue weighted by Gasteiger charge is 2.17. The van der Waals surface area contributed by atoms with E-state index in [1.807, 2.05) is 41.2 Å². The number of fused-ring (bicyclic) bond motifs is 1. The average molecular weight is 554 g/mol. The van der Waals surface area contributed by atoms with Crippen molar-refractivity contribution in [3.05, 3.63) is 70.8 Å². The van der Waals surface area contributed by atoms with Crippen LogP contribution in [0.15, 0.2) is 70.4 Å². The van der Waals surface area contributed by atoms with E-state index in [4.69, 9.17) is 19.8 Å². The minimum Gasteiger partial charge on any atom is -0.379 e. The van der Waals surface area contributed by atoms with Crippen molar-refractivity contribution in [3.63, 3.8) is 0 Å². The molecule has 35 heavy (non-hydrogen) atoms. The Morgan fingerprint density at radius 2 is 1.91 bits per heavy atom. The van der Waals surface area contributed by atoms with Gasteiger partial charge in [0.2, 0.25) is 0 Å². The zero-order valence-corrected chi connectivity index (χ0v) is 22.1. The van der Waals surface area contributed by atoms with E-state index in [9.17, 15) is 0 Å². The molecule has 2 aromatic heterocycles. The highest BCUT2D eigenvalue weighted by atomic mass is 79.9. The largest absolute Gasteiger partial charge is 0.379 e. The fourth-order valence-electron chi connectivity index (χ4n) is 4.17. The summed E-state index contributed by atoms with van der Waals surface area (Å²) in [6, 6.07) is 18.6. The number of morpholine rings is 1. The highest BCUT2D eigenvalue weighted by molar-refractivity contribution is 9.10. The molecule has 3 heterocycles. The maximum absolute atomic E-state index is 5.47. The van der Waals surface area contributed by atoms with Gasteiger partial charge in [0.05, 0.1) is 24.8 Å². The molecular formula is C26H29BrN6OS. The van der Waals surface area contributed by atoms with E-state index in [2.05, 4.69) is 57.3 Å². The summed E-state index contributed by atoms with van der Waals surface area (Å²) < 4.78 is 8.49. The highest BCUT2D eigenvalue weighted by Crippen LogP contribution is 2.29. The second-order valence-corrected chi connectivity index (χ2v) is 10.6. The minimum atomic E-state index is 0.313. The van der Waals surface area contributed by atoms with Gasteiger partial charge >= 0.3 is 0 Å². The predicted octanol–water partition coefficient (Wildman–Crippen LogP) is 5.56. The first kappa shape index (κ1) is 24.2. The summed E-state index contributed by atoms with van der Waals surface area (Å²) in [7, 11) is 0. The third kappa shape index (κ3) is 6.22. The monoisotopic (exact) mass is 552 g/mol. The number of rotatable bonds is 9. The maximum atomic E-state index is 5.47. The maximum Gasteiger partial charge on any atom is 0.191 e. The van der Waals surface area contributed by atoms with Crippen molar-refractivity contribution in [3.8, 4) is 0 Å². The fraction of sp³-hybridized carbons (Fsp3) is 0.346. The lowest BCUT2D eigenvalue weighted by Crippen LogP contribution is -2.37. The zero-order valence-electron chi connectivity index (χ0n) is 19.7. The Kier molecular flexibility index (Phi) is 7.98. The second-order valence-electron chi connectivity index (χ2n) is 8.67. The number of aromatic nitrogens is 4. The summed E-state index contributed by atoms with van der Waals surface area (Å²) in [5.74, 6) is 2.02. The SMILES string of the molecule is CC(Cn1ncc2c(Nc3cccc(Br)c3)nc(SCCN3CCOCC3)nc21)c1ccccc1. The lowest BCUT2D eigenvalue weighted by atomic mass is 10.0. The summed E-state index contributed by atoms with van der Waals surface area (Å²) in [6.07, 6.45) is 1.87. The summed E-state index contributed by atoms with van der Waals surface area (Å²) in [5, 5.41) is 9.88. The van der Waals surface area contributed by atoms with Gasteiger partial charge in [-0.3, -0.25) is 4.90 Å². The number of anilines is 2. The quantitative estimate of drug-likeness (QED) is 0.215. The van der Waals surface area contributed by atoms with E-state index < -0.39 is 0 Å². The van der Waals surface area contributed by atoms with Gasteiger partial charge in [-0.2, -0.15) is 5.10 Å². The first-order chi connectivity index (χ1) is 17.2. The molecule has 1 N–H and O–H groups in total. The van der Waals surface area contributed by atoms with Crippen molar-refractivity contribution in [1.82, 2.24) is 24.6 Å². The Morgan fingerprint density at radius 3 is 2.71 bits per heavy atom. The molecule has 4 aromatic rings. The van der Waals surface area contributed by atoms with Gasteiger partial charge in [-0.15, -0.1) is 0 Å². The smallest absolute Gasteiger partial charge is 0.191 e. The van der Waals surface area contributed by atoms with E-state index in [0.717, 1.165) is 77.3 Å². The molecule has 0 saturated carbocycles. The molecule has 1 aliphatic rings. The Balaban J connectivity index is 1.41. The molecule has 0 amide bonds. The van der Waals surface area contributed by atoms with Crippen molar-refractivity contribution in [2.75, 3.05) is 43.9 Å². The lowest BCUT2D eigenvalue weighted by molar-refractivity contribution is 0.0410. The molecule has 1 fully saturated rings. The third-order valence-electron chi connectivity index (χ3n) is 6.12. The zero-order chi connectivity index (χ0) is 24.0. The third-order valence-corrected chi connectivity index (χ3v) is 7.44. The van der Waals surface area contributed by atoms with E-state index in [1.54, 1.807) is 11.8 Å². The first-order valence-corrected chi connectivity index (χ1v) is 13.7. The second kappa shape index (κ2) is 11.5. The van der Waals surface area contributed by atoms with Crippen molar-refractivity contribution in [2.24, 2.45) is 0 Å². The summed E-state index contributed by atoms with van der Waals surface area (Å²) in [4.78, 5) is 12.3. The van der Waals surface area contributed by atoms with Crippen LogP contribution in [0.3, 0.4) is 0 Å². The lowest BCUT2D eigenvalue weighted by Gasteiger charge is -2.26. The Bertz CT molecular complexity index is 1260. The minimum absolute atomic E-state index is 0.313. The number of halogens is 1. The van der Waals surface area contributed by atoms with Crippen LogP contribution in [-0.2, 0) is 11.3 Å². The van der Waals surface area contributed by atoms with Gasteiger partial charge < -0.3 is 10.1 Å². The first-order valence-electron chi connectivity index (χ1n) is 11.9. The van der Waals surface area contributed by atoms with Crippen molar-refractivity contribution in [1.29, 1.82) is 0 Å². The standard InChI is InChI=1S/C26H29BrN6OS/c1-19(20-6-3-2-4-7-20)18-33-25-23(17-28-33)24(29-22-9-5-8-21(27)16-22)30-26(31-25)35-15-12-32-10-13-34-14-11-32/h2-9,16-17,19H,10-15,18H2,1H3,(H,29,30,31). The van der Waals surface area contributed by atoms with Gasteiger partial charge in [0, 0.05) is 48.0 Å². The number of hydrogen-bond donors (Lipinski definition) is 1. The molecule has 1 saturated heterocycles. The molecule has 1 unspecified atom stereocenters. The molecule has 0 bridgehead atoms. The summed E-state index contributed by atoms with van der Waals surface area (Å²) >= 11 is 5.25. The predicted molar refractivity (Wildman–Crippen MR) is 146 cm³/mol. The molecule has 0 aliphatic carbocycles. The molecule has 1 atom stereocenters. The van der Waals surface area contributed by atoms with Crippen LogP contribution in [-0.4, -0.2) is 63.2 Å². The van der Waals surface area contributed by atoms with Crippen molar-refractivity contribution < 1.29 is 4.74 Å². The Labute approximate surface area is 218 Å². The topological polar surface area (TPSA) is 68.1 Å². The number of ether oxygens (including phenoxy) is 1. The molecule has 1 aliphatic heterocycles. The van der Waals surface area contributed by atoms with Crippen LogP contribution < -0.4 is 5.32 Å². The molecule has 2 aromatic carbocycles.